The maximum Gasteiger partial charge on any atom is 0.220 e. The van der Waals surface area contributed by atoms with Gasteiger partial charge < -0.3 is 10.1 Å². The largest absolute Gasteiger partial charge is 0.381 e. The number of ether oxygens (including phenoxy) is 1. The van der Waals surface area contributed by atoms with Crippen molar-refractivity contribution in [2.75, 3.05) is 26.3 Å². The summed E-state index contributed by atoms with van der Waals surface area (Å²) in [5.41, 5.74) is 2.59. The molecule has 0 atom stereocenters. The zero-order valence-corrected chi connectivity index (χ0v) is 14.3. The fourth-order valence-electron chi connectivity index (χ4n) is 3.65. The van der Waals surface area contributed by atoms with Crippen molar-refractivity contribution in [3.8, 4) is 0 Å². The summed E-state index contributed by atoms with van der Waals surface area (Å²) < 4.78 is 5.14. The van der Waals surface area contributed by atoms with E-state index in [1.165, 1.54) is 11.1 Å². The fourth-order valence-corrected chi connectivity index (χ4v) is 3.65. The average molecular weight is 336 g/mol. The molecule has 130 valence electrons. The first-order valence-electron chi connectivity index (χ1n) is 9.00. The van der Waals surface area contributed by atoms with Crippen LogP contribution in [-0.4, -0.2) is 43.2 Å². The summed E-state index contributed by atoms with van der Waals surface area (Å²) in [6.45, 7) is 3.24. The summed E-state index contributed by atoms with van der Waals surface area (Å²) in [5, 5.41) is 3.17. The highest BCUT2D eigenvalue weighted by molar-refractivity contribution is 5.76. The van der Waals surface area contributed by atoms with Crippen LogP contribution >= 0.6 is 0 Å². The Hall–Kier alpha value is -2.17. The van der Waals surface area contributed by atoms with E-state index in [0.717, 1.165) is 26.3 Å². The third-order valence-electron chi connectivity index (χ3n) is 5.05. The summed E-state index contributed by atoms with van der Waals surface area (Å²) in [6, 6.07) is 21.7. The van der Waals surface area contributed by atoms with Crippen LogP contribution in [0.4, 0.5) is 0 Å². The standard InChI is InChI=1S/C21H24N2O2/c24-20(11-16-14-25-15-16)22-19-12-23(13-19)21(17-7-3-1-4-8-17)18-9-5-2-6-10-18/h1-10,16,19,21H,11-15H2,(H,22,24). The Morgan fingerprint density at radius 1 is 1.00 bits per heavy atom. The van der Waals surface area contributed by atoms with Gasteiger partial charge in [0.25, 0.3) is 0 Å². The van der Waals surface area contributed by atoms with Crippen molar-refractivity contribution < 1.29 is 9.53 Å². The molecule has 4 rings (SSSR count). The lowest BCUT2D eigenvalue weighted by molar-refractivity contribution is -0.128. The normalized spacial score (nSPS) is 18.6. The highest BCUT2D eigenvalue weighted by Crippen LogP contribution is 2.32. The van der Waals surface area contributed by atoms with Crippen molar-refractivity contribution in [1.29, 1.82) is 0 Å². The van der Waals surface area contributed by atoms with Crippen LogP contribution in [0.5, 0.6) is 0 Å². The molecular formula is C21H24N2O2. The molecule has 2 aromatic rings. The summed E-state index contributed by atoms with van der Waals surface area (Å²) in [5.74, 6) is 0.575. The Morgan fingerprint density at radius 2 is 1.56 bits per heavy atom. The Bertz CT molecular complexity index is 655. The molecule has 2 heterocycles. The lowest BCUT2D eigenvalue weighted by Crippen LogP contribution is -2.60. The Morgan fingerprint density at radius 3 is 2.04 bits per heavy atom. The number of benzene rings is 2. The van der Waals surface area contributed by atoms with E-state index >= 15 is 0 Å². The molecule has 0 aromatic heterocycles. The van der Waals surface area contributed by atoms with Gasteiger partial charge in [0.05, 0.1) is 25.3 Å². The van der Waals surface area contributed by atoms with E-state index in [-0.39, 0.29) is 18.0 Å². The number of nitrogens with zero attached hydrogens (tertiary/aromatic N) is 1. The molecule has 2 aliphatic rings. The molecule has 2 aliphatic heterocycles. The molecule has 2 fully saturated rings. The van der Waals surface area contributed by atoms with E-state index in [9.17, 15) is 4.79 Å². The van der Waals surface area contributed by atoms with E-state index in [0.29, 0.717) is 12.3 Å². The van der Waals surface area contributed by atoms with Gasteiger partial charge in [-0.25, -0.2) is 0 Å². The van der Waals surface area contributed by atoms with Crippen LogP contribution in [0.3, 0.4) is 0 Å². The molecule has 2 aromatic carbocycles. The van der Waals surface area contributed by atoms with Crippen molar-refractivity contribution in [2.45, 2.75) is 18.5 Å². The van der Waals surface area contributed by atoms with Crippen molar-refractivity contribution in [2.24, 2.45) is 5.92 Å². The zero-order chi connectivity index (χ0) is 17.1. The summed E-state index contributed by atoms with van der Waals surface area (Å²) in [6.07, 6.45) is 0.595. The first-order chi connectivity index (χ1) is 12.3. The molecular weight excluding hydrogens is 312 g/mol. The number of rotatable bonds is 6. The van der Waals surface area contributed by atoms with Gasteiger partial charge >= 0.3 is 0 Å². The van der Waals surface area contributed by atoms with Crippen LogP contribution in [0.2, 0.25) is 0 Å². The molecule has 25 heavy (non-hydrogen) atoms. The van der Waals surface area contributed by atoms with Gasteiger partial charge in [-0.15, -0.1) is 0 Å². The Labute approximate surface area is 148 Å². The second-order valence-corrected chi connectivity index (χ2v) is 7.05. The summed E-state index contributed by atoms with van der Waals surface area (Å²) in [7, 11) is 0. The molecule has 0 unspecified atom stereocenters. The highest BCUT2D eigenvalue weighted by atomic mass is 16.5. The number of carbonyl (C=O) groups excluding carboxylic acids is 1. The van der Waals surface area contributed by atoms with Crippen LogP contribution in [0.1, 0.15) is 23.6 Å². The van der Waals surface area contributed by atoms with Gasteiger partial charge in [0.2, 0.25) is 5.91 Å². The molecule has 4 heteroatoms. The van der Waals surface area contributed by atoms with Crippen LogP contribution < -0.4 is 5.32 Å². The van der Waals surface area contributed by atoms with Crippen molar-refractivity contribution in [1.82, 2.24) is 10.2 Å². The van der Waals surface area contributed by atoms with Gasteiger partial charge in [0.15, 0.2) is 0 Å². The number of hydrogen-bond acceptors (Lipinski definition) is 3. The van der Waals surface area contributed by atoms with Gasteiger partial charge in [0.1, 0.15) is 0 Å². The third kappa shape index (κ3) is 3.75. The van der Waals surface area contributed by atoms with E-state index in [4.69, 9.17) is 4.74 Å². The molecule has 0 aliphatic carbocycles. The first-order valence-corrected chi connectivity index (χ1v) is 9.00. The predicted octanol–water partition coefficient (Wildman–Crippen LogP) is 2.61. The highest BCUT2D eigenvalue weighted by Gasteiger charge is 2.35. The third-order valence-corrected chi connectivity index (χ3v) is 5.05. The van der Waals surface area contributed by atoms with Gasteiger partial charge in [0, 0.05) is 25.4 Å². The maximum atomic E-state index is 12.1. The van der Waals surface area contributed by atoms with Crippen LogP contribution in [-0.2, 0) is 9.53 Å². The van der Waals surface area contributed by atoms with E-state index in [1.807, 2.05) is 0 Å². The molecule has 0 spiro atoms. The fraction of sp³-hybridized carbons (Fsp3) is 0.381. The molecule has 0 radical (unpaired) electrons. The lowest BCUT2D eigenvalue weighted by Gasteiger charge is -2.45. The van der Waals surface area contributed by atoms with E-state index < -0.39 is 0 Å². The molecule has 0 saturated carbocycles. The van der Waals surface area contributed by atoms with Crippen molar-refractivity contribution in [3.63, 3.8) is 0 Å². The van der Waals surface area contributed by atoms with Crippen LogP contribution in [0, 0.1) is 5.92 Å². The number of nitrogens with one attached hydrogen (secondary N) is 1. The molecule has 2 saturated heterocycles. The predicted molar refractivity (Wildman–Crippen MR) is 97.2 cm³/mol. The zero-order valence-electron chi connectivity index (χ0n) is 14.3. The summed E-state index contributed by atoms with van der Waals surface area (Å²) >= 11 is 0. The number of carbonyl (C=O) groups is 1. The van der Waals surface area contributed by atoms with Gasteiger partial charge in [-0.05, 0) is 11.1 Å². The SMILES string of the molecule is O=C(CC1COC1)NC1CN(C(c2ccccc2)c2ccccc2)C1. The van der Waals surface area contributed by atoms with Crippen molar-refractivity contribution >= 4 is 5.91 Å². The minimum Gasteiger partial charge on any atom is -0.381 e. The Balaban J connectivity index is 1.39. The lowest BCUT2D eigenvalue weighted by atomic mass is 9.93. The van der Waals surface area contributed by atoms with Gasteiger partial charge in [-0.1, -0.05) is 60.7 Å². The Kier molecular flexibility index (Phi) is 4.81. The molecule has 4 nitrogen and oxygen atoms in total. The molecule has 1 N–H and O–H groups in total. The summed E-state index contributed by atoms with van der Waals surface area (Å²) in [4.78, 5) is 14.5. The van der Waals surface area contributed by atoms with E-state index in [1.54, 1.807) is 0 Å². The van der Waals surface area contributed by atoms with Crippen molar-refractivity contribution in [3.05, 3.63) is 71.8 Å². The second-order valence-electron chi connectivity index (χ2n) is 7.05. The maximum absolute atomic E-state index is 12.1. The second kappa shape index (κ2) is 7.38. The molecule has 1 amide bonds. The monoisotopic (exact) mass is 336 g/mol. The van der Waals surface area contributed by atoms with E-state index in [2.05, 4.69) is 70.9 Å². The minimum atomic E-state index is 0.161. The van der Waals surface area contributed by atoms with Crippen LogP contribution in [0.25, 0.3) is 0 Å². The first kappa shape index (κ1) is 16.3. The van der Waals surface area contributed by atoms with Gasteiger partial charge in [-0.2, -0.15) is 0 Å². The quantitative estimate of drug-likeness (QED) is 0.882. The number of likely N-dealkylation sites (tertiary alicyclic amines) is 1. The molecule has 0 bridgehead atoms. The number of amides is 1. The topological polar surface area (TPSA) is 41.6 Å². The van der Waals surface area contributed by atoms with Gasteiger partial charge in [-0.3, -0.25) is 9.69 Å². The average Bonchev–Trinajstić information content (AvgIpc) is 2.58. The van der Waals surface area contributed by atoms with Crippen LogP contribution in [0.15, 0.2) is 60.7 Å². The number of hydrogen-bond donors (Lipinski definition) is 1. The smallest absolute Gasteiger partial charge is 0.220 e. The minimum absolute atomic E-state index is 0.161.